The van der Waals surface area contributed by atoms with Crippen LogP contribution in [0.25, 0.3) is 6.08 Å². The second kappa shape index (κ2) is 10.7. The standard InChI is InChI=1S/C26H22N2O5S/c1-32-21-11-9-19(10-12-21)16-28-25(31)23(34-26(28)27-20-5-3-2-4-6-20)15-18-7-13-22(14-8-18)33-17-24(29)30/h2-15H,16-17H2,1H3,(H,29,30)/b23-15+,27-26?. The number of thioether (sulfide) groups is 1. The molecule has 0 radical (unpaired) electrons. The minimum absolute atomic E-state index is 0.137. The molecule has 0 unspecified atom stereocenters. The van der Waals surface area contributed by atoms with Gasteiger partial charge in [0.05, 0.1) is 24.2 Å². The van der Waals surface area contributed by atoms with Crippen molar-refractivity contribution in [1.29, 1.82) is 0 Å². The lowest BCUT2D eigenvalue weighted by Crippen LogP contribution is -2.28. The van der Waals surface area contributed by atoms with Gasteiger partial charge in [0.15, 0.2) is 11.8 Å². The third-order valence-electron chi connectivity index (χ3n) is 4.91. The van der Waals surface area contributed by atoms with E-state index in [0.717, 1.165) is 22.6 Å². The Morgan fingerprint density at radius 3 is 2.32 bits per heavy atom. The summed E-state index contributed by atoms with van der Waals surface area (Å²) >= 11 is 1.32. The summed E-state index contributed by atoms with van der Waals surface area (Å²) in [7, 11) is 1.61. The molecule has 1 heterocycles. The van der Waals surface area contributed by atoms with Gasteiger partial charge in [-0.1, -0.05) is 42.5 Å². The number of ether oxygens (including phenoxy) is 2. The molecule has 1 amide bonds. The smallest absolute Gasteiger partial charge is 0.341 e. The van der Waals surface area contributed by atoms with E-state index in [1.54, 1.807) is 42.4 Å². The van der Waals surface area contributed by atoms with Crippen LogP contribution in [0.2, 0.25) is 0 Å². The van der Waals surface area contributed by atoms with Gasteiger partial charge < -0.3 is 14.6 Å². The molecule has 3 aromatic carbocycles. The summed E-state index contributed by atoms with van der Waals surface area (Å²) in [5.74, 6) is 0.0193. The van der Waals surface area contributed by atoms with Gasteiger partial charge in [-0.25, -0.2) is 9.79 Å². The van der Waals surface area contributed by atoms with Crippen LogP contribution in [-0.2, 0) is 16.1 Å². The van der Waals surface area contributed by atoms with Crippen LogP contribution in [0.5, 0.6) is 11.5 Å². The van der Waals surface area contributed by atoms with Crippen LogP contribution in [0, 0.1) is 0 Å². The Kier molecular flexibility index (Phi) is 7.29. The average molecular weight is 475 g/mol. The zero-order valence-corrected chi connectivity index (χ0v) is 19.2. The van der Waals surface area contributed by atoms with E-state index >= 15 is 0 Å². The average Bonchev–Trinajstić information content (AvgIpc) is 3.13. The third kappa shape index (κ3) is 5.85. The van der Waals surface area contributed by atoms with Crippen LogP contribution in [0.1, 0.15) is 11.1 Å². The lowest BCUT2D eigenvalue weighted by atomic mass is 10.2. The number of rotatable bonds is 8. The molecule has 172 valence electrons. The van der Waals surface area contributed by atoms with Crippen LogP contribution in [0.4, 0.5) is 5.69 Å². The Bertz CT molecular complexity index is 1220. The minimum atomic E-state index is -1.04. The monoisotopic (exact) mass is 474 g/mol. The number of benzene rings is 3. The molecule has 4 rings (SSSR count). The molecule has 7 nitrogen and oxygen atoms in total. The lowest BCUT2D eigenvalue weighted by molar-refractivity contribution is -0.139. The first-order valence-corrected chi connectivity index (χ1v) is 11.3. The molecule has 34 heavy (non-hydrogen) atoms. The molecule has 1 aliphatic rings. The van der Waals surface area contributed by atoms with Crippen LogP contribution < -0.4 is 9.47 Å². The number of carboxylic acids is 1. The number of methoxy groups -OCH3 is 1. The number of nitrogens with zero attached hydrogens (tertiary/aromatic N) is 2. The Morgan fingerprint density at radius 1 is 1.00 bits per heavy atom. The van der Waals surface area contributed by atoms with Crippen molar-refractivity contribution in [3.8, 4) is 11.5 Å². The fraction of sp³-hybridized carbons (Fsp3) is 0.115. The highest BCUT2D eigenvalue weighted by atomic mass is 32.2. The van der Waals surface area contributed by atoms with E-state index in [4.69, 9.17) is 19.6 Å². The Balaban J connectivity index is 1.59. The highest BCUT2D eigenvalue weighted by Gasteiger charge is 2.33. The van der Waals surface area contributed by atoms with Crippen molar-refractivity contribution in [2.24, 2.45) is 4.99 Å². The van der Waals surface area contributed by atoms with E-state index in [2.05, 4.69) is 0 Å². The number of carboxylic acid groups (broad SMARTS) is 1. The van der Waals surface area contributed by atoms with E-state index in [1.165, 1.54) is 11.8 Å². The first-order chi connectivity index (χ1) is 16.5. The maximum absolute atomic E-state index is 13.3. The summed E-state index contributed by atoms with van der Waals surface area (Å²) in [6, 6.07) is 24.0. The molecule has 3 aromatic rings. The Morgan fingerprint density at radius 2 is 1.68 bits per heavy atom. The number of aliphatic carboxylic acids is 1. The number of carbonyl (C=O) groups excluding carboxylic acids is 1. The quantitative estimate of drug-likeness (QED) is 0.464. The summed E-state index contributed by atoms with van der Waals surface area (Å²) in [6.07, 6.45) is 1.79. The first-order valence-electron chi connectivity index (χ1n) is 10.4. The molecule has 1 N–H and O–H groups in total. The number of amides is 1. The van der Waals surface area contributed by atoms with Crippen LogP contribution >= 0.6 is 11.8 Å². The van der Waals surface area contributed by atoms with Gasteiger partial charge in [-0.2, -0.15) is 0 Å². The van der Waals surface area contributed by atoms with Crippen molar-refractivity contribution in [2.45, 2.75) is 6.54 Å². The predicted octanol–water partition coefficient (Wildman–Crippen LogP) is 4.96. The van der Waals surface area contributed by atoms with E-state index in [1.807, 2.05) is 54.6 Å². The largest absolute Gasteiger partial charge is 0.497 e. The zero-order chi connectivity index (χ0) is 23.9. The van der Waals surface area contributed by atoms with E-state index < -0.39 is 12.6 Å². The van der Waals surface area contributed by atoms with Crippen LogP contribution in [-0.4, -0.2) is 40.8 Å². The first kappa shape index (κ1) is 23.1. The second-order valence-electron chi connectivity index (χ2n) is 7.33. The van der Waals surface area contributed by atoms with Crippen LogP contribution in [0.3, 0.4) is 0 Å². The van der Waals surface area contributed by atoms with Gasteiger partial charge in [0.1, 0.15) is 11.5 Å². The maximum Gasteiger partial charge on any atom is 0.341 e. The molecule has 8 heteroatoms. The minimum Gasteiger partial charge on any atom is -0.497 e. The fourth-order valence-electron chi connectivity index (χ4n) is 3.21. The highest BCUT2D eigenvalue weighted by molar-refractivity contribution is 8.18. The predicted molar refractivity (Wildman–Crippen MR) is 132 cm³/mol. The van der Waals surface area contributed by atoms with E-state index in [9.17, 15) is 9.59 Å². The SMILES string of the molecule is COc1ccc(CN2C(=O)/C(=C\c3ccc(OCC(=O)O)cc3)SC2=Nc2ccccc2)cc1. The number of hydrogen-bond donors (Lipinski definition) is 1. The third-order valence-corrected chi connectivity index (χ3v) is 5.92. The molecule has 0 atom stereocenters. The summed E-state index contributed by atoms with van der Waals surface area (Å²) in [5.41, 5.74) is 2.51. The number of carbonyl (C=O) groups is 2. The van der Waals surface area contributed by atoms with Gasteiger partial charge in [0.2, 0.25) is 0 Å². The highest BCUT2D eigenvalue weighted by Crippen LogP contribution is 2.35. The molecule has 0 saturated carbocycles. The molecule has 1 aliphatic heterocycles. The number of aliphatic imine (C=N–C) groups is 1. The normalized spacial score (nSPS) is 15.7. The van der Waals surface area contributed by atoms with E-state index in [0.29, 0.717) is 22.4 Å². The van der Waals surface area contributed by atoms with Gasteiger partial charge in [0.25, 0.3) is 5.91 Å². The van der Waals surface area contributed by atoms with Crippen molar-refractivity contribution in [3.63, 3.8) is 0 Å². The number of amidine groups is 1. The number of hydrogen-bond acceptors (Lipinski definition) is 6. The van der Waals surface area contributed by atoms with Crippen molar-refractivity contribution in [2.75, 3.05) is 13.7 Å². The zero-order valence-electron chi connectivity index (χ0n) is 18.4. The molecule has 0 spiro atoms. The Labute approximate surface area is 201 Å². The second-order valence-corrected chi connectivity index (χ2v) is 8.34. The van der Waals surface area contributed by atoms with Gasteiger partial charge in [-0.3, -0.25) is 9.69 Å². The summed E-state index contributed by atoms with van der Waals surface area (Å²) < 4.78 is 10.4. The van der Waals surface area contributed by atoms with Gasteiger partial charge in [-0.15, -0.1) is 0 Å². The maximum atomic E-state index is 13.3. The molecule has 1 saturated heterocycles. The fourth-order valence-corrected chi connectivity index (χ4v) is 4.21. The van der Waals surface area contributed by atoms with E-state index in [-0.39, 0.29) is 5.91 Å². The van der Waals surface area contributed by atoms with Crippen molar-refractivity contribution in [1.82, 2.24) is 4.90 Å². The summed E-state index contributed by atoms with van der Waals surface area (Å²) in [4.78, 5) is 30.9. The molecular formula is C26H22N2O5S. The van der Waals surface area contributed by atoms with Gasteiger partial charge in [-0.05, 0) is 65.4 Å². The van der Waals surface area contributed by atoms with Gasteiger partial charge >= 0.3 is 5.97 Å². The molecule has 1 fully saturated rings. The van der Waals surface area contributed by atoms with Crippen molar-refractivity contribution >= 4 is 40.6 Å². The Hall–Kier alpha value is -4.04. The van der Waals surface area contributed by atoms with Crippen molar-refractivity contribution in [3.05, 3.63) is 94.9 Å². The summed E-state index contributed by atoms with van der Waals surface area (Å²) in [5, 5.41) is 9.34. The van der Waals surface area contributed by atoms with Crippen LogP contribution in [0.15, 0.2) is 88.8 Å². The topological polar surface area (TPSA) is 88.4 Å². The molecule has 0 aromatic heterocycles. The number of para-hydroxylation sites is 1. The molecular weight excluding hydrogens is 452 g/mol. The molecule has 0 bridgehead atoms. The summed E-state index contributed by atoms with van der Waals surface area (Å²) in [6.45, 7) is -0.0325. The molecule has 0 aliphatic carbocycles. The van der Waals surface area contributed by atoms with Gasteiger partial charge in [0, 0.05) is 0 Å². The van der Waals surface area contributed by atoms with Crippen molar-refractivity contribution < 1.29 is 24.2 Å². The lowest BCUT2D eigenvalue weighted by Gasteiger charge is -2.16.